The summed E-state index contributed by atoms with van der Waals surface area (Å²) in [5, 5.41) is 11.6. The molecule has 1 atom stereocenters. The maximum absolute atomic E-state index is 11.4. The van der Waals surface area contributed by atoms with Crippen LogP contribution in [0.25, 0.3) is 0 Å². The number of amides is 1. The molecule has 0 aliphatic heterocycles. The molecule has 0 aromatic heterocycles. The van der Waals surface area contributed by atoms with E-state index in [0.717, 1.165) is 5.56 Å². The van der Waals surface area contributed by atoms with Gasteiger partial charge < -0.3 is 15.2 Å². The van der Waals surface area contributed by atoms with Crippen LogP contribution in [0.2, 0.25) is 0 Å². The van der Waals surface area contributed by atoms with Crippen LogP contribution in [0.5, 0.6) is 5.75 Å². The lowest BCUT2D eigenvalue weighted by Crippen LogP contribution is -2.41. The first-order valence-electron chi connectivity index (χ1n) is 5.15. The van der Waals surface area contributed by atoms with Gasteiger partial charge in [-0.2, -0.15) is 0 Å². The summed E-state index contributed by atoms with van der Waals surface area (Å²) < 4.78 is 4.61. The molecule has 0 aliphatic carbocycles. The quantitative estimate of drug-likeness (QED) is 0.752. The molecular formula is C12H15NO4. The zero-order valence-electron chi connectivity index (χ0n) is 9.77. The Kier molecular flexibility index (Phi) is 4.51. The van der Waals surface area contributed by atoms with Crippen LogP contribution in [-0.2, 0) is 20.7 Å². The third-order valence-corrected chi connectivity index (χ3v) is 2.24. The molecule has 0 saturated carbocycles. The number of hydrogen-bond acceptors (Lipinski definition) is 4. The Morgan fingerprint density at radius 3 is 2.41 bits per heavy atom. The highest BCUT2D eigenvalue weighted by Gasteiger charge is 2.20. The van der Waals surface area contributed by atoms with E-state index < -0.39 is 12.0 Å². The molecule has 0 saturated heterocycles. The van der Waals surface area contributed by atoms with E-state index >= 15 is 0 Å². The first-order chi connectivity index (χ1) is 8.02. The zero-order chi connectivity index (χ0) is 12.8. The maximum atomic E-state index is 11.4. The molecule has 5 nitrogen and oxygen atoms in total. The number of methoxy groups -OCH3 is 1. The molecule has 0 heterocycles. The largest absolute Gasteiger partial charge is 0.508 e. The molecule has 1 unspecified atom stereocenters. The summed E-state index contributed by atoms with van der Waals surface area (Å²) in [6.45, 7) is 1.34. The second kappa shape index (κ2) is 5.89. The number of ether oxygens (including phenoxy) is 1. The first-order valence-corrected chi connectivity index (χ1v) is 5.15. The van der Waals surface area contributed by atoms with E-state index in [0.29, 0.717) is 6.42 Å². The van der Waals surface area contributed by atoms with E-state index in [1.54, 1.807) is 12.1 Å². The summed E-state index contributed by atoms with van der Waals surface area (Å²) in [7, 11) is 1.27. The van der Waals surface area contributed by atoms with Gasteiger partial charge in [-0.15, -0.1) is 0 Å². The average molecular weight is 237 g/mol. The SMILES string of the molecule is COC(=O)C(Cc1ccc(O)cc1)NC(C)=O. The van der Waals surface area contributed by atoms with Gasteiger partial charge in [0.25, 0.3) is 0 Å². The fraction of sp³-hybridized carbons (Fsp3) is 0.333. The molecule has 1 rings (SSSR count). The number of aromatic hydroxyl groups is 1. The summed E-state index contributed by atoms with van der Waals surface area (Å²) >= 11 is 0. The van der Waals surface area contributed by atoms with Gasteiger partial charge in [-0.1, -0.05) is 12.1 Å². The van der Waals surface area contributed by atoms with E-state index in [1.807, 2.05) is 0 Å². The number of phenols is 1. The molecule has 1 aromatic carbocycles. The number of esters is 1. The number of rotatable bonds is 4. The van der Waals surface area contributed by atoms with E-state index in [9.17, 15) is 9.59 Å². The van der Waals surface area contributed by atoms with Gasteiger partial charge in [0.1, 0.15) is 11.8 Å². The van der Waals surface area contributed by atoms with Crippen molar-refractivity contribution in [3.8, 4) is 5.75 Å². The van der Waals surface area contributed by atoms with Crippen LogP contribution in [0.3, 0.4) is 0 Å². The summed E-state index contributed by atoms with van der Waals surface area (Å²) in [5.41, 5.74) is 0.826. The molecule has 92 valence electrons. The van der Waals surface area contributed by atoms with Crippen LogP contribution in [0.4, 0.5) is 0 Å². The number of carbonyl (C=O) groups excluding carboxylic acids is 2. The molecule has 0 radical (unpaired) electrons. The molecule has 17 heavy (non-hydrogen) atoms. The number of carbonyl (C=O) groups is 2. The molecule has 0 bridgehead atoms. The normalized spacial score (nSPS) is 11.6. The smallest absolute Gasteiger partial charge is 0.328 e. The third-order valence-electron chi connectivity index (χ3n) is 2.24. The number of hydrogen-bond donors (Lipinski definition) is 2. The summed E-state index contributed by atoms with van der Waals surface area (Å²) in [6.07, 6.45) is 0.326. The van der Waals surface area contributed by atoms with Gasteiger partial charge in [0.2, 0.25) is 5.91 Å². The monoisotopic (exact) mass is 237 g/mol. The van der Waals surface area contributed by atoms with Crippen molar-refractivity contribution in [2.75, 3.05) is 7.11 Å². The van der Waals surface area contributed by atoms with Crippen LogP contribution in [0.15, 0.2) is 24.3 Å². The van der Waals surface area contributed by atoms with Crippen LogP contribution >= 0.6 is 0 Å². The molecular weight excluding hydrogens is 222 g/mol. The maximum Gasteiger partial charge on any atom is 0.328 e. The van der Waals surface area contributed by atoms with Gasteiger partial charge in [-0.05, 0) is 17.7 Å². The molecule has 0 spiro atoms. The van der Waals surface area contributed by atoms with Crippen molar-refractivity contribution in [1.29, 1.82) is 0 Å². The van der Waals surface area contributed by atoms with Gasteiger partial charge >= 0.3 is 5.97 Å². The molecule has 0 aliphatic rings. The van der Waals surface area contributed by atoms with Crippen LogP contribution in [0, 0.1) is 0 Å². The molecule has 1 amide bonds. The fourth-order valence-corrected chi connectivity index (χ4v) is 1.45. The number of benzene rings is 1. The minimum Gasteiger partial charge on any atom is -0.508 e. The topological polar surface area (TPSA) is 75.6 Å². The minimum atomic E-state index is -0.706. The van der Waals surface area contributed by atoms with Crippen molar-refractivity contribution in [3.63, 3.8) is 0 Å². The van der Waals surface area contributed by atoms with Crippen molar-refractivity contribution >= 4 is 11.9 Å². The van der Waals surface area contributed by atoms with Crippen molar-refractivity contribution < 1.29 is 19.4 Å². The lowest BCUT2D eigenvalue weighted by molar-refractivity contribution is -0.144. The fourth-order valence-electron chi connectivity index (χ4n) is 1.45. The number of nitrogens with one attached hydrogen (secondary N) is 1. The highest BCUT2D eigenvalue weighted by molar-refractivity contribution is 5.83. The Labute approximate surface area is 99.4 Å². The van der Waals surface area contributed by atoms with Gasteiger partial charge in [0, 0.05) is 13.3 Å². The number of phenolic OH excluding ortho intramolecular Hbond substituents is 1. The average Bonchev–Trinajstić information content (AvgIpc) is 2.29. The van der Waals surface area contributed by atoms with Gasteiger partial charge in [-0.3, -0.25) is 4.79 Å². The minimum absolute atomic E-state index is 0.155. The van der Waals surface area contributed by atoms with Crippen LogP contribution < -0.4 is 5.32 Å². The predicted octanol–water partition coefficient (Wildman–Crippen LogP) is 0.612. The summed E-state index contributed by atoms with van der Waals surface area (Å²) in [4.78, 5) is 22.4. The Hall–Kier alpha value is -2.04. The standard InChI is InChI=1S/C12H15NO4/c1-8(14)13-11(12(16)17-2)7-9-3-5-10(15)6-4-9/h3-6,11,15H,7H2,1-2H3,(H,13,14). The van der Waals surface area contributed by atoms with E-state index in [2.05, 4.69) is 10.1 Å². The van der Waals surface area contributed by atoms with E-state index in [-0.39, 0.29) is 11.7 Å². The molecule has 5 heteroatoms. The molecule has 2 N–H and O–H groups in total. The van der Waals surface area contributed by atoms with Gasteiger partial charge in [-0.25, -0.2) is 4.79 Å². The lowest BCUT2D eigenvalue weighted by Gasteiger charge is -2.15. The predicted molar refractivity (Wildman–Crippen MR) is 61.4 cm³/mol. The Balaban J connectivity index is 2.75. The van der Waals surface area contributed by atoms with Crippen molar-refractivity contribution in [2.45, 2.75) is 19.4 Å². The summed E-state index contributed by atoms with van der Waals surface area (Å²) in [5.74, 6) is -0.629. The van der Waals surface area contributed by atoms with E-state index in [1.165, 1.54) is 26.2 Å². The lowest BCUT2D eigenvalue weighted by atomic mass is 10.1. The molecule has 0 fully saturated rings. The Bertz CT molecular complexity index is 399. The van der Waals surface area contributed by atoms with Crippen LogP contribution in [0.1, 0.15) is 12.5 Å². The van der Waals surface area contributed by atoms with Gasteiger partial charge in [0.05, 0.1) is 7.11 Å². The molecule has 1 aromatic rings. The third kappa shape index (κ3) is 4.14. The second-order valence-electron chi connectivity index (χ2n) is 3.65. The van der Waals surface area contributed by atoms with Crippen molar-refractivity contribution in [3.05, 3.63) is 29.8 Å². The second-order valence-corrected chi connectivity index (χ2v) is 3.65. The summed E-state index contributed by atoms with van der Waals surface area (Å²) in [6, 6.07) is 5.72. The highest BCUT2D eigenvalue weighted by atomic mass is 16.5. The highest BCUT2D eigenvalue weighted by Crippen LogP contribution is 2.11. The zero-order valence-corrected chi connectivity index (χ0v) is 9.77. The van der Waals surface area contributed by atoms with Crippen molar-refractivity contribution in [1.82, 2.24) is 5.32 Å². The Morgan fingerprint density at radius 1 is 1.35 bits per heavy atom. The van der Waals surface area contributed by atoms with E-state index in [4.69, 9.17) is 5.11 Å². The first kappa shape index (κ1) is 13.0. The van der Waals surface area contributed by atoms with Crippen LogP contribution in [-0.4, -0.2) is 30.1 Å². The Morgan fingerprint density at radius 2 is 1.94 bits per heavy atom. The van der Waals surface area contributed by atoms with Gasteiger partial charge in [0.15, 0.2) is 0 Å². The van der Waals surface area contributed by atoms with Crippen molar-refractivity contribution in [2.24, 2.45) is 0 Å².